The number of nitrogens with zero attached hydrogens (tertiary/aromatic N) is 1. The van der Waals surface area contributed by atoms with Crippen molar-refractivity contribution < 1.29 is 9.90 Å². The summed E-state index contributed by atoms with van der Waals surface area (Å²) in [6, 6.07) is 1.97. The highest BCUT2D eigenvalue weighted by Crippen LogP contribution is 2.36. The highest BCUT2D eigenvalue weighted by Gasteiger charge is 2.42. The Labute approximate surface area is 163 Å². The predicted octanol–water partition coefficient (Wildman–Crippen LogP) is 3.09. The second-order valence-electron chi connectivity index (χ2n) is 8.93. The van der Waals surface area contributed by atoms with Crippen molar-refractivity contribution in [2.45, 2.75) is 70.4 Å². The third-order valence-corrected chi connectivity index (χ3v) is 6.99. The molecule has 4 rings (SSSR count). The minimum Gasteiger partial charge on any atom is -0.391 e. The van der Waals surface area contributed by atoms with E-state index in [1.54, 1.807) is 0 Å². The van der Waals surface area contributed by atoms with Gasteiger partial charge in [-0.25, -0.2) is 0 Å². The topological polar surface area (TPSA) is 40.5 Å². The highest BCUT2D eigenvalue weighted by molar-refractivity contribution is 9.10. The number of aliphatic hydroxyl groups is 1. The number of halogens is 1. The molecule has 4 heteroatoms. The Morgan fingerprint density at radius 3 is 2.69 bits per heavy atom. The SMILES string of the molecule is CC1C=c2c(Br)cc3c(c2=CC1)C(C)(C)CN(C1CCCC[C@@H]1O)C3=O. The molecule has 0 spiro atoms. The summed E-state index contributed by atoms with van der Waals surface area (Å²) in [7, 11) is 0. The Kier molecular flexibility index (Phi) is 4.55. The van der Waals surface area contributed by atoms with Crippen LogP contribution in [0.25, 0.3) is 12.2 Å². The van der Waals surface area contributed by atoms with E-state index in [1.165, 1.54) is 16.0 Å². The van der Waals surface area contributed by atoms with Gasteiger partial charge in [-0.05, 0) is 47.2 Å². The first-order chi connectivity index (χ1) is 12.3. The van der Waals surface area contributed by atoms with Crippen molar-refractivity contribution in [1.29, 1.82) is 0 Å². The number of aliphatic hydroxyl groups excluding tert-OH is 1. The molecule has 1 aliphatic heterocycles. The quantitative estimate of drug-likeness (QED) is 0.762. The number of carbonyl (C=O) groups is 1. The number of benzene rings is 1. The van der Waals surface area contributed by atoms with E-state index in [1.807, 2.05) is 11.0 Å². The molecule has 0 saturated heterocycles. The van der Waals surface area contributed by atoms with Gasteiger partial charge in [0.2, 0.25) is 0 Å². The van der Waals surface area contributed by atoms with Crippen LogP contribution in [0.3, 0.4) is 0 Å². The summed E-state index contributed by atoms with van der Waals surface area (Å²) in [4.78, 5) is 15.4. The third-order valence-electron chi connectivity index (χ3n) is 6.33. The van der Waals surface area contributed by atoms with Crippen LogP contribution in [0.5, 0.6) is 0 Å². The summed E-state index contributed by atoms with van der Waals surface area (Å²) in [5.74, 6) is 0.605. The van der Waals surface area contributed by atoms with Crippen LogP contribution in [-0.4, -0.2) is 34.6 Å². The van der Waals surface area contributed by atoms with Crippen molar-refractivity contribution in [3.8, 4) is 0 Å². The van der Waals surface area contributed by atoms with Gasteiger partial charge in [0.25, 0.3) is 5.91 Å². The van der Waals surface area contributed by atoms with Gasteiger partial charge in [0, 0.05) is 22.0 Å². The van der Waals surface area contributed by atoms with Gasteiger partial charge >= 0.3 is 0 Å². The first kappa shape index (κ1) is 18.2. The highest BCUT2D eigenvalue weighted by atomic mass is 79.9. The zero-order valence-electron chi connectivity index (χ0n) is 15.9. The average molecular weight is 418 g/mol. The molecule has 2 unspecified atom stereocenters. The summed E-state index contributed by atoms with van der Waals surface area (Å²) in [5.41, 5.74) is 1.87. The van der Waals surface area contributed by atoms with E-state index in [2.05, 4.69) is 48.9 Å². The molecule has 3 aliphatic rings. The predicted molar refractivity (Wildman–Crippen MR) is 108 cm³/mol. The van der Waals surface area contributed by atoms with Crippen LogP contribution in [0.4, 0.5) is 0 Å². The van der Waals surface area contributed by atoms with E-state index >= 15 is 0 Å². The molecule has 0 radical (unpaired) electrons. The third kappa shape index (κ3) is 2.86. The van der Waals surface area contributed by atoms with Gasteiger partial charge < -0.3 is 10.0 Å². The van der Waals surface area contributed by atoms with Crippen LogP contribution in [-0.2, 0) is 5.41 Å². The summed E-state index contributed by atoms with van der Waals surface area (Å²) in [6.07, 6.45) is 9.10. The molecule has 0 bridgehead atoms. The van der Waals surface area contributed by atoms with Crippen LogP contribution in [0.2, 0.25) is 0 Å². The molecule has 140 valence electrons. The molecule has 26 heavy (non-hydrogen) atoms. The molecule has 1 amide bonds. The fraction of sp³-hybridized carbons (Fsp3) is 0.591. The van der Waals surface area contributed by atoms with E-state index in [0.29, 0.717) is 12.5 Å². The van der Waals surface area contributed by atoms with Crippen molar-refractivity contribution in [2.24, 2.45) is 5.92 Å². The fourth-order valence-corrected chi connectivity index (χ4v) is 5.65. The van der Waals surface area contributed by atoms with Gasteiger partial charge in [-0.15, -0.1) is 0 Å². The van der Waals surface area contributed by atoms with Crippen molar-refractivity contribution >= 4 is 34.0 Å². The molecule has 1 saturated carbocycles. The maximum Gasteiger partial charge on any atom is 0.254 e. The van der Waals surface area contributed by atoms with Gasteiger partial charge in [0.1, 0.15) is 0 Å². The number of carbonyl (C=O) groups excluding carboxylic acids is 1. The van der Waals surface area contributed by atoms with E-state index in [9.17, 15) is 9.90 Å². The average Bonchev–Trinajstić information content (AvgIpc) is 2.59. The van der Waals surface area contributed by atoms with Crippen LogP contribution < -0.4 is 10.4 Å². The smallest absolute Gasteiger partial charge is 0.254 e. The maximum absolute atomic E-state index is 13.4. The molecule has 1 heterocycles. The lowest BCUT2D eigenvalue weighted by Gasteiger charge is -2.46. The zero-order chi connectivity index (χ0) is 18.6. The minimum absolute atomic E-state index is 0.0472. The molecule has 3 nitrogen and oxygen atoms in total. The number of fused-ring (bicyclic) bond motifs is 3. The second kappa shape index (κ2) is 6.49. The van der Waals surface area contributed by atoms with Gasteiger partial charge in [0.15, 0.2) is 0 Å². The Morgan fingerprint density at radius 1 is 1.23 bits per heavy atom. The molecule has 1 fully saturated rings. The second-order valence-corrected chi connectivity index (χ2v) is 9.78. The molecule has 1 aromatic carbocycles. The number of amides is 1. The van der Waals surface area contributed by atoms with E-state index in [4.69, 9.17) is 0 Å². The summed E-state index contributed by atoms with van der Waals surface area (Å²) in [6.45, 7) is 7.38. The van der Waals surface area contributed by atoms with Crippen LogP contribution in [0.1, 0.15) is 68.8 Å². The van der Waals surface area contributed by atoms with Crippen LogP contribution >= 0.6 is 15.9 Å². The number of hydrogen-bond donors (Lipinski definition) is 1. The lowest BCUT2D eigenvalue weighted by Crippen LogP contribution is -2.58. The normalized spacial score (nSPS) is 30.1. The van der Waals surface area contributed by atoms with Crippen molar-refractivity contribution in [3.63, 3.8) is 0 Å². The summed E-state index contributed by atoms with van der Waals surface area (Å²) in [5, 5.41) is 13.0. The Balaban J connectivity index is 1.88. The zero-order valence-corrected chi connectivity index (χ0v) is 17.5. The minimum atomic E-state index is -0.396. The largest absolute Gasteiger partial charge is 0.391 e. The van der Waals surface area contributed by atoms with Crippen molar-refractivity contribution in [3.05, 3.63) is 32.1 Å². The monoisotopic (exact) mass is 417 g/mol. The number of hydrogen-bond acceptors (Lipinski definition) is 2. The van der Waals surface area contributed by atoms with E-state index < -0.39 is 6.10 Å². The standard InChI is InChI=1S/C22H28BrNO2/c1-13-8-9-14-15(10-13)17(23)11-16-20(14)22(2,3)12-24(21(16)26)18-6-4-5-7-19(18)25/h9-11,13,18-19,25H,4-8,12H2,1-3H3/t13?,18?,19-/m0/s1. The summed E-state index contributed by atoms with van der Waals surface area (Å²) < 4.78 is 1.00. The Bertz CT molecular complexity index is 873. The van der Waals surface area contributed by atoms with E-state index in [0.717, 1.165) is 42.1 Å². The van der Waals surface area contributed by atoms with Crippen LogP contribution in [0.15, 0.2) is 10.5 Å². The van der Waals surface area contributed by atoms with Gasteiger partial charge in [-0.3, -0.25) is 4.79 Å². The fourth-order valence-electron chi connectivity index (χ4n) is 5.08. The lowest BCUT2D eigenvalue weighted by molar-refractivity contribution is 0.00844. The molecular weight excluding hydrogens is 390 g/mol. The van der Waals surface area contributed by atoms with Gasteiger partial charge in [0.05, 0.1) is 12.1 Å². The summed E-state index contributed by atoms with van der Waals surface area (Å²) >= 11 is 3.71. The molecule has 2 aliphatic carbocycles. The molecule has 3 atom stereocenters. The van der Waals surface area contributed by atoms with Crippen LogP contribution in [0, 0.1) is 5.92 Å². The lowest BCUT2D eigenvalue weighted by atomic mass is 9.74. The molecule has 1 aromatic rings. The van der Waals surface area contributed by atoms with Gasteiger partial charge in [-0.1, -0.05) is 61.7 Å². The first-order valence-corrected chi connectivity index (χ1v) is 10.6. The number of rotatable bonds is 1. The van der Waals surface area contributed by atoms with Crippen molar-refractivity contribution in [1.82, 2.24) is 4.90 Å². The Morgan fingerprint density at radius 2 is 1.96 bits per heavy atom. The molecule has 0 aromatic heterocycles. The maximum atomic E-state index is 13.4. The molecular formula is C22H28BrNO2. The molecule has 1 N–H and O–H groups in total. The first-order valence-electron chi connectivity index (χ1n) is 9.83. The Hall–Kier alpha value is -1.13. The van der Waals surface area contributed by atoms with E-state index in [-0.39, 0.29) is 17.4 Å². The van der Waals surface area contributed by atoms with Gasteiger partial charge in [-0.2, -0.15) is 0 Å². The van der Waals surface area contributed by atoms with Crippen molar-refractivity contribution in [2.75, 3.05) is 6.54 Å².